The third kappa shape index (κ3) is 4.65. The Morgan fingerprint density at radius 1 is 1.07 bits per heavy atom. The summed E-state index contributed by atoms with van der Waals surface area (Å²) in [4.78, 5) is 12.3. The molecule has 0 aliphatic heterocycles. The van der Waals surface area contributed by atoms with E-state index in [0.29, 0.717) is 0 Å². The summed E-state index contributed by atoms with van der Waals surface area (Å²) in [5, 5.41) is 9.27. The topological polar surface area (TPSA) is 102 Å². The first kappa shape index (κ1) is 20.6. The van der Waals surface area contributed by atoms with Gasteiger partial charge in [-0.3, -0.25) is 10.1 Å². The highest BCUT2D eigenvalue weighted by Crippen LogP contribution is 2.19. The summed E-state index contributed by atoms with van der Waals surface area (Å²) >= 11 is 0. The lowest BCUT2D eigenvalue weighted by atomic mass is 10.1. The van der Waals surface area contributed by atoms with Crippen molar-refractivity contribution in [2.75, 3.05) is 5.32 Å². The standard InChI is InChI=1S/C19H17F2N3O4S/c1-11(2)29(26,27)14-6-3-12(4-7-14)9-17-23-24-19(28-17)22-18(25)13-5-8-15(20)16(21)10-13/h3-8,10-11H,9H2,1-2H3,(H,22,24,25). The Morgan fingerprint density at radius 2 is 1.76 bits per heavy atom. The van der Waals surface area contributed by atoms with Crippen LogP contribution in [0.25, 0.3) is 0 Å². The number of benzene rings is 2. The molecule has 7 nitrogen and oxygen atoms in total. The minimum absolute atomic E-state index is 0.106. The van der Waals surface area contributed by atoms with Crippen molar-refractivity contribution in [3.05, 3.63) is 71.1 Å². The average molecular weight is 421 g/mol. The van der Waals surface area contributed by atoms with Crippen LogP contribution in [-0.2, 0) is 16.3 Å². The van der Waals surface area contributed by atoms with Crippen LogP contribution >= 0.6 is 0 Å². The molecule has 1 aromatic heterocycles. The molecule has 0 spiro atoms. The van der Waals surface area contributed by atoms with Crippen molar-refractivity contribution in [1.29, 1.82) is 0 Å². The number of carbonyl (C=O) groups excluding carboxylic acids is 1. The van der Waals surface area contributed by atoms with E-state index in [1.165, 1.54) is 12.1 Å². The summed E-state index contributed by atoms with van der Waals surface area (Å²) in [7, 11) is -3.36. The van der Waals surface area contributed by atoms with E-state index in [0.717, 1.165) is 23.8 Å². The van der Waals surface area contributed by atoms with Gasteiger partial charge in [-0.15, -0.1) is 5.10 Å². The monoisotopic (exact) mass is 421 g/mol. The maximum absolute atomic E-state index is 13.2. The van der Waals surface area contributed by atoms with Crippen LogP contribution in [0, 0.1) is 11.6 Å². The van der Waals surface area contributed by atoms with E-state index in [1.54, 1.807) is 26.0 Å². The number of hydrogen-bond acceptors (Lipinski definition) is 6. The number of aromatic nitrogens is 2. The molecule has 3 rings (SSSR count). The zero-order chi connectivity index (χ0) is 21.2. The fraction of sp³-hybridized carbons (Fsp3) is 0.211. The number of hydrogen-bond donors (Lipinski definition) is 1. The summed E-state index contributed by atoms with van der Waals surface area (Å²) < 4.78 is 55.8. The SMILES string of the molecule is CC(C)S(=O)(=O)c1ccc(Cc2nnc(NC(=O)c3ccc(F)c(F)c3)o2)cc1. The molecule has 2 aromatic carbocycles. The van der Waals surface area contributed by atoms with E-state index in [9.17, 15) is 22.0 Å². The van der Waals surface area contributed by atoms with Gasteiger partial charge in [0.15, 0.2) is 21.5 Å². The summed E-state index contributed by atoms with van der Waals surface area (Å²) in [5.41, 5.74) is 0.625. The number of nitrogens with one attached hydrogen (secondary N) is 1. The predicted octanol–water partition coefficient (Wildman–Crippen LogP) is 3.37. The zero-order valence-corrected chi connectivity index (χ0v) is 16.3. The third-order valence-corrected chi connectivity index (χ3v) is 6.27. The molecule has 10 heteroatoms. The largest absolute Gasteiger partial charge is 0.407 e. The predicted molar refractivity (Wildman–Crippen MR) is 100 cm³/mol. The molecule has 0 aliphatic carbocycles. The lowest BCUT2D eigenvalue weighted by Gasteiger charge is -2.08. The number of halogens is 2. The van der Waals surface area contributed by atoms with Gasteiger partial charge in [-0.25, -0.2) is 17.2 Å². The van der Waals surface area contributed by atoms with Crippen LogP contribution < -0.4 is 5.32 Å². The first-order valence-electron chi connectivity index (χ1n) is 8.58. The molecule has 0 radical (unpaired) electrons. The normalized spacial score (nSPS) is 11.6. The Labute approximate surface area is 165 Å². The van der Waals surface area contributed by atoms with Crippen LogP contribution in [0.15, 0.2) is 51.8 Å². The van der Waals surface area contributed by atoms with E-state index in [4.69, 9.17) is 4.42 Å². The van der Waals surface area contributed by atoms with Gasteiger partial charge in [0.25, 0.3) is 5.91 Å². The van der Waals surface area contributed by atoms with Gasteiger partial charge in [0.05, 0.1) is 16.6 Å². The molecule has 0 fully saturated rings. The van der Waals surface area contributed by atoms with E-state index >= 15 is 0 Å². The lowest BCUT2D eigenvalue weighted by Crippen LogP contribution is -2.13. The molecule has 1 N–H and O–H groups in total. The van der Waals surface area contributed by atoms with Gasteiger partial charge < -0.3 is 4.42 Å². The van der Waals surface area contributed by atoms with Gasteiger partial charge in [0, 0.05) is 5.56 Å². The maximum Gasteiger partial charge on any atom is 0.322 e. The van der Waals surface area contributed by atoms with Crippen molar-refractivity contribution in [3.63, 3.8) is 0 Å². The number of sulfone groups is 1. The van der Waals surface area contributed by atoms with Gasteiger partial charge in [-0.05, 0) is 49.7 Å². The minimum atomic E-state index is -3.36. The smallest absolute Gasteiger partial charge is 0.322 e. The molecule has 29 heavy (non-hydrogen) atoms. The van der Waals surface area contributed by atoms with Crippen molar-refractivity contribution < 1.29 is 26.4 Å². The summed E-state index contributed by atoms with van der Waals surface area (Å²) in [6.07, 6.45) is 0.218. The highest BCUT2D eigenvalue weighted by Gasteiger charge is 2.19. The Morgan fingerprint density at radius 3 is 2.38 bits per heavy atom. The Balaban J connectivity index is 1.67. The molecular formula is C19H17F2N3O4S. The van der Waals surface area contributed by atoms with E-state index in [1.807, 2.05) is 0 Å². The summed E-state index contributed by atoms with van der Waals surface area (Å²) in [5.74, 6) is -2.76. The minimum Gasteiger partial charge on any atom is -0.407 e. The summed E-state index contributed by atoms with van der Waals surface area (Å²) in [6, 6.07) is 8.81. The fourth-order valence-corrected chi connectivity index (χ4v) is 3.49. The molecule has 1 amide bonds. The molecule has 0 bridgehead atoms. The van der Waals surface area contributed by atoms with Crippen molar-refractivity contribution >= 4 is 21.8 Å². The molecule has 152 valence electrons. The maximum atomic E-state index is 13.2. The second-order valence-corrected chi connectivity index (χ2v) is 9.00. The van der Waals surface area contributed by atoms with Crippen LogP contribution in [-0.4, -0.2) is 29.8 Å². The number of carbonyl (C=O) groups is 1. The van der Waals surface area contributed by atoms with Crippen molar-refractivity contribution in [3.8, 4) is 0 Å². The average Bonchev–Trinajstić information content (AvgIpc) is 3.11. The number of rotatable bonds is 6. The summed E-state index contributed by atoms with van der Waals surface area (Å²) in [6.45, 7) is 3.22. The van der Waals surface area contributed by atoms with Crippen LogP contribution in [0.5, 0.6) is 0 Å². The van der Waals surface area contributed by atoms with Crippen LogP contribution in [0.3, 0.4) is 0 Å². The van der Waals surface area contributed by atoms with Crippen molar-refractivity contribution in [2.45, 2.75) is 30.4 Å². The van der Waals surface area contributed by atoms with E-state index in [-0.39, 0.29) is 28.8 Å². The van der Waals surface area contributed by atoms with Crippen LogP contribution in [0.4, 0.5) is 14.8 Å². The molecule has 0 saturated carbocycles. The molecule has 0 atom stereocenters. The molecule has 0 aliphatic rings. The van der Waals surface area contributed by atoms with Gasteiger partial charge >= 0.3 is 6.01 Å². The second kappa shape index (κ2) is 8.08. The molecule has 3 aromatic rings. The Hall–Kier alpha value is -3.14. The third-order valence-electron chi connectivity index (χ3n) is 4.10. The van der Waals surface area contributed by atoms with Crippen molar-refractivity contribution in [1.82, 2.24) is 10.2 Å². The van der Waals surface area contributed by atoms with E-state index < -0.39 is 32.6 Å². The number of anilines is 1. The first-order valence-corrected chi connectivity index (χ1v) is 10.1. The number of amides is 1. The lowest BCUT2D eigenvalue weighted by molar-refractivity contribution is 0.102. The molecule has 1 heterocycles. The van der Waals surface area contributed by atoms with Crippen LogP contribution in [0.2, 0.25) is 0 Å². The highest BCUT2D eigenvalue weighted by atomic mass is 32.2. The quantitative estimate of drug-likeness (QED) is 0.655. The van der Waals surface area contributed by atoms with E-state index in [2.05, 4.69) is 15.5 Å². The molecule has 0 unspecified atom stereocenters. The highest BCUT2D eigenvalue weighted by molar-refractivity contribution is 7.92. The zero-order valence-electron chi connectivity index (χ0n) is 15.5. The fourth-order valence-electron chi connectivity index (χ4n) is 2.43. The van der Waals surface area contributed by atoms with Gasteiger partial charge in [-0.2, -0.15) is 0 Å². The first-order chi connectivity index (χ1) is 13.7. The van der Waals surface area contributed by atoms with Crippen LogP contribution in [0.1, 0.15) is 35.7 Å². The Kier molecular flexibility index (Phi) is 5.73. The van der Waals surface area contributed by atoms with Gasteiger partial charge in [0.1, 0.15) is 0 Å². The van der Waals surface area contributed by atoms with Crippen molar-refractivity contribution in [2.24, 2.45) is 0 Å². The van der Waals surface area contributed by atoms with Gasteiger partial charge in [-0.1, -0.05) is 17.2 Å². The van der Waals surface area contributed by atoms with Gasteiger partial charge in [0.2, 0.25) is 5.89 Å². The number of nitrogens with zero attached hydrogens (tertiary/aromatic N) is 2. The molecular weight excluding hydrogens is 404 g/mol. The Bertz CT molecular complexity index is 1140. The molecule has 0 saturated heterocycles. The second-order valence-electron chi connectivity index (χ2n) is 6.50.